The molecule has 1 aromatic heterocycles. The van der Waals surface area contributed by atoms with Gasteiger partial charge < -0.3 is 10.3 Å². The van der Waals surface area contributed by atoms with Crippen molar-refractivity contribution in [2.45, 2.75) is 39.7 Å². The van der Waals surface area contributed by atoms with Gasteiger partial charge >= 0.3 is 0 Å². The van der Waals surface area contributed by atoms with Crippen LogP contribution in [0.1, 0.15) is 30.7 Å². The molecular formula is C11H17N3S. The Hall–Kier alpha value is -0.900. The lowest BCUT2D eigenvalue weighted by Gasteiger charge is -2.16. The highest BCUT2D eigenvalue weighted by Crippen LogP contribution is 2.50. The molecule has 0 atom stereocenters. The number of hydrogen-bond donors (Lipinski definition) is 1. The molecular weight excluding hydrogens is 206 g/mol. The van der Waals surface area contributed by atoms with E-state index in [1.165, 1.54) is 18.5 Å². The molecule has 1 saturated carbocycles. The summed E-state index contributed by atoms with van der Waals surface area (Å²) >= 11 is 4.99. The minimum Gasteiger partial charge on any atom is -0.393 e. The molecule has 82 valence electrons. The Bertz CT molecular complexity index is 391. The van der Waals surface area contributed by atoms with Crippen LogP contribution in [0.3, 0.4) is 0 Å². The van der Waals surface area contributed by atoms with Gasteiger partial charge in [-0.25, -0.2) is 4.98 Å². The molecule has 0 aromatic carbocycles. The summed E-state index contributed by atoms with van der Waals surface area (Å²) in [6.07, 6.45) is 5.27. The molecule has 2 N–H and O–H groups in total. The van der Waals surface area contributed by atoms with Gasteiger partial charge in [-0.1, -0.05) is 12.2 Å². The van der Waals surface area contributed by atoms with Crippen molar-refractivity contribution in [2.24, 2.45) is 11.1 Å². The third kappa shape index (κ3) is 2.20. The first-order valence-electron chi connectivity index (χ1n) is 5.29. The first-order chi connectivity index (χ1) is 7.02. The van der Waals surface area contributed by atoms with Gasteiger partial charge in [0.2, 0.25) is 0 Å². The summed E-state index contributed by atoms with van der Waals surface area (Å²) < 4.78 is 2.22. The van der Waals surface area contributed by atoms with Crippen LogP contribution in [-0.2, 0) is 6.54 Å². The van der Waals surface area contributed by atoms with E-state index in [9.17, 15) is 0 Å². The minimum atomic E-state index is 0.337. The van der Waals surface area contributed by atoms with Gasteiger partial charge in [-0.15, -0.1) is 0 Å². The second kappa shape index (κ2) is 3.59. The standard InChI is InChI=1S/C11H17N3S/c1-8-9(2)14(7-13-8)6-11(3-4-11)5-10(12)15/h7H,3-6H2,1-2H3,(H2,12,15). The smallest absolute Gasteiger partial charge is 0.0951 e. The van der Waals surface area contributed by atoms with E-state index in [2.05, 4.69) is 16.5 Å². The van der Waals surface area contributed by atoms with Crippen molar-refractivity contribution >= 4 is 17.2 Å². The molecule has 0 bridgehead atoms. The highest BCUT2D eigenvalue weighted by Gasteiger charge is 2.43. The van der Waals surface area contributed by atoms with E-state index < -0.39 is 0 Å². The van der Waals surface area contributed by atoms with Crippen molar-refractivity contribution in [1.29, 1.82) is 0 Å². The van der Waals surface area contributed by atoms with Crippen LogP contribution >= 0.6 is 12.2 Å². The minimum absolute atomic E-state index is 0.337. The predicted molar refractivity (Wildman–Crippen MR) is 64.8 cm³/mol. The summed E-state index contributed by atoms with van der Waals surface area (Å²) in [7, 11) is 0. The molecule has 0 spiro atoms. The van der Waals surface area contributed by atoms with Crippen molar-refractivity contribution in [3.8, 4) is 0 Å². The zero-order valence-corrected chi connectivity index (χ0v) is 10.1. The van der Waals surface area contributed by atoms with Crippen molar-refractivity contribution < 1.29 is 0 Å². The summed E-state index contributed by atoms with van der Waals surface area (Å²) in [6.45, 7) is 5.16. The molecule has 0 aliphatic heterocycles. The molecule has 0 saturated heterocycles. The maximum Gasteiger partial charge on any atom is 0.0951 e. The zero-order chi connectivity index (χ0) is 11.1. The summed E-state index contributed by atoms with van der Waals surface area (Å²) in [6, 6.07) is 0. The second-order valence-corrected chi connectivity index (χ2v) is 5.21. The third-order valence-electron chi connectivity index (χ3n) is 3.36. The SMILES string of the molecule is Cc1ncn(CC2(CC(N)=S)CC2)c1C. The Balaban J connectivity index is 2.09. The summed E-state index contributed by atoms with van der Waals surface area (Å²) in [5, 5.41) is 0. The highest BCUT2D eigenvalue weighted by molar-refractivity contribution is 7.80. The van der Waals surface area contributed by atoms with Gasteiger partial charge in [-0.2, -0.15) is 0 Å². The van der Waals surface area contributed by atoms with Crippen LogP contribution in [-0.4, -0.2) is 14.5 Å². The van der Waals surface area contributed by atoms with Gasteiger partial charge in [0, 0.05) is 18.7 Å². The van der Waals surface area contributed by atoms with Gasteiger partial charge in [0.05, 0.1) is 17.0 Å². The second-order valence-electron chi connectivity index (χ2n) is 4.69. The van der Waals surface area contributed by atoms with Crippen molar-refractivity contribution in [3.63, 3.8) is 0 Å². The van der Waals surface area contributed by atoms with Gasteiger partial charge in [0.25, 0.3) is 0 Å². The maximum absolute atomic E-state index is 5.62. The van der Waals surface area contributed by atoms with Gasteiger partial charge in [-0.05, 0) is 32.1 Å². The van der Waals surface area contributed by atoms with Gasteiger partial charge in [0.1, 0.15) is 0 Å². The van der Waals surface area contributed by atoms with Crippen LogP contribution in [0.15, 0.2) is 6.33 Å². The zero-order valence-electron chi connectivity index (χ0n) is 9.29. The molecule has 0 radical (unpaired) electrons. The van der Waals surface area contributed by atoms with E-state index in [-0.39, 0.29) is 0 Å². The van der Waals surface area contributed by atoms with Gasteiger partial charge in [-0.3, -0.25) is 0 Å². The van der Waals surface area contributed by atoms with Crippen LogP contribution in [0.2, 0.25) is 0 Å². The van der Waals surface area contributed by atoms with Crippen LogP contribution < -0.4 is 5.73 Å². The lowest BCUT2D eigenvalue weighted by molar-refractivity contribution is 0.433. The monoisotopic (exact) mass is 223 g/mol. The molecule has 1 aromatic rings. The molecule has 4 heteroatoms. The lowest BCUT2D eigenvalue weighted by Crippen LogP contribution is -2.20. The van der Waals surface area contributed by atoms with E-state index in [0.29, 0.717) is 10.4 Å². The van der Waals surface area contributed by atoms with E-state index in [1.807, 2.05) is 13.3 Å². The molecule has 1 aliphatic carbocycles. The topological polar surface area (TPSA) is 43.8 Å². The number of hydrogen-bond acceptors (Lipinski definition) is 2. The Morgan fingerprint density at radius 2 is 2.27 bits per heavy atom. The first-order valence-corrected chi connectivity index (χ1v) is 5.70. The average molecular weight is 223 g/mol. The Labute approximate surface area is 95.7 Å². The first kappa shape index (κ1) is 10.6. The largest absolute Gasteiger partial charge is 0.393 e. The normalized spacial score (nSPS) is 17.7. The van der Waals surface area contributed by atoms with Crippen molar-refractivity contribution in [3.05, 3.63) is 17.7 Å². The molecule has 1 aliphatic rings. The Morgan fingerprint density at radius 1 is 1.60 bits per heavy atom. The van der Waals surface area contributed by atoms with Crippen molar-refractivity contribution in [2.75, 3.05) is 0 Å². The number of nitrogens with two attached hydrogens (primary N) is 1. The predicted octanol–water partition coefficient (Wildman–Crippen LogP) is 1.96. The fourth-order valence-electron chi connectivity index (χ4n) is 2.00. The molecule has 0 unspecified atom stereocenters. The summed E-state index contributed by atoms with van der Waals surface area (Å²) in [4.78, 5) is 4.95. The van der Waals surface area contributed by atoms with E-state index in [0.717, 1.165) is 18.7 Å². The number of aromatic nitrogens is 2. The highest BCUT2D eigenvalue weighted by atomic mass is 32.1. The van der Waals surface area contributed by atoms with Crippen LogP contribution in [0.4, 0.5) is 0 Å². The van der Waals surface area contributed by atoms with E-state index in [4.69, 9.17) is 18.0 Å². The van der Waals surface area contributed by atoms with E-state index >= 15 is 0 Å². The molecule has 1 fully saturated rings. The summed E-state index contributed by atoms with van der Waals surface area (Å²) in [5.41, 5.74) is 8.33. The van der Waals surface area contributed by atoms with Crippen LogP contribution in [0, 0.1) is 19.3 Å². The average Bonchev–Trinajstić information content (AvgIpc) is 2.82. The van der Waals surface area contributed by atoms with E-state index in [1.54, 1.807) is 0 Å². The fraction of sp³-hybridized carbons (Fsp3) is 0.636. The number of rotatable bonds is 4. The number of imidazole rings is 1. The Morgan fingerprint density at radius 3 is 2.67 bits per heavy atom. The number of thiocarbonyl (C=S) groups is 1. The third-order valence-corrected chi connectivity index (χ3v) is 3.50. The molecule has 2 rings (SSSR count). The van der Waals surface area contributed by atoms with Gasteiger partial charge in [0.15, 0.2) is 0 Å². The lowest BCUT2D eigenvalue weighted by atomic mass is 10.0. The van der Waals surface area contributed by atoms with Crippen LogP contribution in [0.5, 0.6) is 0 Å². The molecule has 3 nitrogen and oxygen atoms in total. The maximum atomic E-state index is 5.62. The number of aryl methyl sites for hydroxylation is 1. The molecule has 0 amide bonds. The quantitative estimate of drug-likeness (QED) is 0.794. The Kier molecular flexibility index (Phi) is 2.54. The van der Waals surface area contributed by atoms with Crippen LogP contribution in [0.25, 0.3) is 0 Å². The summed E-state index contributed by atoms with van der Waals surface area (Å²) in [5.74, 6) is 0. The van der Waals surface area contributed by atoms with Crippen molar-refractivity contribution in [1.82, 2.24) is 9.55 Å². The number of nitrogens with zero attached hydrogens (tertiary/aromatic N) is 2. The fourth-order valence-corrected chi connectivity index (χ4v) is 2.31. The molecule has 15 heavy (non-hydrogen) atoms. The molecule has 1 heterocycles.